The smallest absolute Gasteiger partial charge is 0.201 e. The van der Waals surface area contributed by atoms with Crippen molar-refractivity contribution in [3.8, 4) is 17.2 Å². The lowest BCUT2D eigenvalue weighted by Crippen LogP contribution is -2.23. The number of phenolic OH excluding ortho intramolecular Hbond substituents is 3. The first-order valence-corrected chi connectivity index (χ1v) is 9.23. The SMILES string of the molecule is C=C(C)[C@@H]1CCC(C)=C[C@H]1c1c(O)c(O)c(O)c2c1NCC[C@H]2CC. The van der Waals surface area contributed by atoms with Gasteiger partial charge in [-0.15, -0.1) is 0 Å². The molecule has 2 aliphatic rings. The second-order valence-electron chi connectivity index (χ2n) is 7.60. The molecule has 0 amide bonds. The van der Waals surface area contributed by atoms with Crippen LogP contribution >= 0.6 is 0 Å². The van der Waals surface area contributed by atoms with Crippen molar-refractivity contribution in [3.05, 3.63) is 34.9 Å². The molecular weight excluding hydrogens is 314 g/mol. The minimum atomic E-state index is -0.395. The first-order valence-electron chi connectivity index (χ1n) is 9.23. The predicted octanol–water partition coefficient (Wildman–Crippen LogP) is 5.13. The topological polar surface area (TPSA) is 72.7 Å². The predicted molar refractivity (Wildman–Crippen MR) is 102 cm³/mol. The fourth-order valence-corrected chi connectivity index (χ4v) is 4.49. The molecule has 4 N–H and O–H groups in total. The molecule has 1 aliphatic heterocycles. The van der Waals surface area contributed by atoms with Crippen molar-refractivity contribution < 1.29 is 15.3 Å². The number of hydrogen-bond donors (Lipinski definition) is 4. The molecule has 0 saturated heterocycles. The standard InChI is InChI=1S/C21H29NO3/c1-5-13-8-9-22-18-16(13)19(23)21(25)20(24)17(18)15-10-12(4)6-7-14(15)11(2)3/h10,13-15,22-25H,2,5-9H2,1,3-4H3/t13-,14+,15-/m1/s1. The number of fused-ring (bicyclic) bond motifs is 1. The largest absolute Gasteiger partial charge is 0.504 e. The summed E-state index contributed by atoms with van der Waals surface area (Å²) in [5.41, 5.74) is 4.61. The highest BCUT2D eigenvalue weighted by atomic mass is 16.3. The van der Waals surface area contributed by atoms with Gasteiger partial charge < -0.3 is 20.6 Å². The van der Waals surface area contributed by atoms with E-state index in [1.807, 2.05) is 6.92 Å². The van der Waals surface area contributed by atoms with Gasteiger partial charge in [-0.05, 0) is 51.4 Å². The number of phenols is 3. The highest BCUT2D eigenvalue weighted by Crippen LogP contribution is 2.56. The van der Waals surface area contributed by atoms with Gasteiger partial charge in [0.25, 0.3) is 0 Å². The molecule has 1 heterocycles. The fraction of sp³-hybridized carbons (Fsp3) is 0.524. The van der Waals surface area contributed by atoms with E-state index in [1.54, 1.807) is 0 Å². The van der Waals surface area contributed by atoms with Gasteiger partial charge >= 0.3 is 0 Å². The van der Waals surface area contributed by atoms with Gasteiger partial charge in [-0.25, -0.2) is 0 Å². The zero-order chi connectivity index (χ0) is 18.3. The van der Waals surface area contributed by atoms with E-state index < -0.39 is 5.75 Å². The van der Waals surface area contributed by atoms with Gasteiger partial charge in [-0.3, -0.25) is 0 Å². The number of anilines is 1. The third kappa shape index (κ3) is 2.88. The van der Waals surface area contributed by atoms with Crippen molar-refractivity contribution in [1.82, 2.24) is 0 Å². The Balaban J connectivity index is 2.27. The first-order chi connectivity index (χ1) is 11.9. The molecule has 3 atom stereocenters. The summed E-state index contributed by atoms with van der Waals surface area (Å²) in [6, 6.07) is 0. The minimum absolute atomic E-state index is 0.0467. The maximum atomic E-state index is 10.7. The van der Waals surface area contributed by atoms with Crippen molar-refractivity contribution in [2.75, 3.05) is 11.9 Å². The van der Waals surface area contributed by atoms with Crippen LogP contribution in [0.3, 0.4) is 0 Å². The Morgan fingerprint density at radius 1 is 1.16 bits per heavy atom. The molecule has 0 saturated carbocycles. The van der Waals surface area contributed by atoms with Crippen LogP contribution in [0.15, 0.2) is 23.8 Å². The second-order valence-corrected chi connectivity index (χ2v) is 7.60. The summed E-state index contributed by atoms with van der Waals surface area (Å²) in [5.74, 6) is -0.436. The molecule has 4 heteroatoms. The summed E-state index contributed by atoms with van der Waals surface area (Å²) in [5, 5.41) is 35.0. The van der Waals surface area contributed by atoms with Crippen LogP contribution in [0.2, 0.25) is 0 Å². The van der Waals surface area contributed by atoms with Crippen molar-refractivity contribution in [2.24, 2.45) is 5.92 Å². The summed E-state index contributed by atoms with van der Waals surface area (Å²) in [6.45, 7) is 11.2. The van der Waals surface area contributed by atoms with Gasteiger partial charge in [-0.1, -0.05) is 30.7 Å². The van der Waals surface area contributed by atoms with E-state index in [9.17, 15) is 15.3 Å². The highest BCUT2D eigenvalue weighted by molar-refractivity contribution is 5.76. The molecule has 0 fully saturated rings. The van der Waals surface area contributed by atoms with E-state index in [0.717, 1.165) is 49.1 Å². The quantitative estimate of drug-likeness (QED) is 0.349. The Morgan fingerprint density at radius 2 is 1.84 bits per heavy atom. The maximum absolute atomic E-state index is 10.7. The Labute approximate surface area is 149 Å². The van der Waals surface area contributed by atoms with E-state index in [0.29, 0.717) is 5.56 Å². The molecule has 0 aromatic heterocycles. The van der Waals surface area contributed by atoms with Crippen molar-refractivity contribution in [3.63, 3.8) is 0 Å². The van der Waals surface area contributed by atoms with Crippen LogP contribution in [0, 0.1) is 5.92 Å². The summed E-state index contributed by atoms with van der Waals surface area (Å²) in [4.78, 5) is 0. The van der Waals surface area contributed by atoms with Crippen LogP contribution in [0.1, 0.15) is 69.4 Å². The normalized spacial score (nSPS) is 25.7. The van der Waals surface area contributed by atoms with Crippen LogP contribution in [0.4, 0.5) is 5.69 Å². The molecule has 136 valence electrons. The van der Waals surface area contributed by atoms with Crippen molar-refractivity contribution in [1.29, 1.82) is 0 Å². The second kappa shape index (κ2) is 6.66. The van der Waals surface area contributed by atoms with E-state index in [2.05, 4.69) is 31.8 Å². The average molecular weight is 343 g/mol. The van der Waals surface area contributed by atoms with Crippen LogP contribution in [-0.4, -0.2) is 21.9 Å². The Morgan fingerprint density at radius 3 is 2.48 bits per heavy atom. The van der Waals surface area contributed by atoms with Crippen LogP contribution < -0.4 is 5.32 Å². The number of benzene rings is 1. The lowest BCUT2D eigenvalue weighted by atomic mass is 9.72. The average Bonchev–Trinajstić information content (AvgIpc) is 2.59. The van der Waals surface area contributed by atoms with Gasteiger partial charge in [0.1, 0.15) is 0 Å². The van der Waals surface area contributed by atoms with Crippen molar-refractivity contribution in [2.45, 2.75) is 58.3 Å². The lowest BCUT2D eigenvalue weighted by molar-refractivity contribution is 0.353. The Kier molecular flexibility index (Phi) is 4.72. The number of nitrogens with one attached hydrogen (secondary N) is 1. The molecule has 0 radical (unpaired) electrons. The minimum Gasteiger partial charge on any atom is -0.504 e. The summed E-state index contributed by atoms with van der Waals surface area (Å²) in [7, 11) is 0. The monoisotopic (exact) mass is 343 g/mol. The number of hydrogen-bond acceptors (Lipinski definition) is 4. The summed E-state index contributed by atoms with van der Waals surface area (Å²) in [6.07, 6.45) is 5.98. The maximum Gasteiger partial charge on any atom is 0.201 e. The van der Waals surface area contributed by atoms with Gasteiger partial charge in [-0.2, -0.15) is 0 Å². The molecule has 25 heavy (non-hydrogen) atoms. The number of aromatic hydroxyl groups is 3. The van der Waals surface area contributed by atoms with Gasteiger partial charge in [0.05, 0.1) is 0 Å². The van der Waals surface area contributed by atoms with Gasteiger partial charge in [0.15, 0.2) is 11.5 Å². The highest BCUT2D eigenvalue weighted by Gasteiger charge is 2.36. The zero-order valence-corrected chi connectivity index (χ0v) is 15.4. The third-order valence-corrected chi connectivity index (χ3v) is 5.91. The van der Waals surface area contributed by atoms with Crippen LogP contribution in [-0.2, 0) is 0 Å². The molecule has 0 spiro atoms. The number of rotatable bonds is 3. The van der Waals surface area contributed by atoms with E-state index in [-0.39, 0.29) is 29.3 Å². The molecule has 0 bridgehead atoms. The number of allylic oxidation sites excluding steroid dienone is 3. The molecule has 3 rings (SSSR count). The van der Waals surface area contributed by atoms with E-state index >= 15 is 0 Å². The molecular formula is C21H29NO3. The molecule has 1 aliphatic carbocycles. The zero-order valence-electron chi connectivity index (χ0n) is 15.4. The van der Waals surface area contributed by atoms with Crippen molar-refractivity contribution >= 4 is 5.69 Å². The van der Waals surface area contributed by atoms with E-state index in [1.165, 1.54) is 5.57 Å². The van der Waals surface area contributed by atoms with Crippen LogP contribution in [0.25, 0.3) is 0 Å². The molecule has 0 unspecified atom stereocenters. The summed E-state index contributed by atoms with van der Waals surface area (Å²) >= 11 is 0. The van der Waals surface area contributed by atoms with E-state index in [4.69, 9.17) is 0 Å². The van der Waals surface area contributed by atoms with Gasteiger partial charge in [0.2, 0.25) is 5.75 Å². The third-order valence-electron chi connectivity index (χ3n) is 5.91. The van der Waals surface area contributed by atoms with Gasteiger partial charge in [0, 0.05) is 29.3 Å². The molecule has 1 aromatic carbocycles. The Bertz CT molecular complexity index is 735. The molecule has 1 aromatic rings. The van der Waals surface area contributed by atoms with Crippen LogP contribution in [0.5, 0.6) is 17.2 Å². The lowest BCUT2D eigenvalue weighted by Gasteiger charge is -2.36. The fourth-order valence-electron chi connectivity index (χ4n) is 4.49. The Hall–Kier alpha value is -2.10. The first kappa shape index (κ1) is 17.7. The summed E-state index contributed by atoms with van der Waals surface area (Å²) < 4.78 is 0. The molecule has 4 nitrogen and oxygen atoms in total.